The summed E-state index contributed by atoms with van der Waals surface area (Å²) in [6, 6.07) is 5.87. The predicted octanol–water partition coefficient (Wildman–Crippen LogP) is 2.23. The van der Waals surface area contributed by atoms with E-state index in [1.165, 1.54) is 0 Å². The van der Waals surface area contributed by atoms with Crippen LogP contribution in [0.25, 0.3) is 11.0 Å². The summed E-state index contributed by atoms with van der Waals surface area (Å²) in [5.41, 5.74) is 2.86. The number of anilines is 1. The Kier molecular flexibility index (Phi) is 2.18. The zero-order valence-corrected chi connectivity index (χ0v) is 10.0. The number of hydrogen-bond acceptors (Lipinski definition) is 2. The number of nitrogens with one attached hydrogen (secondary N) is 1. The maximum atomic E-state index is 11.6. The molecule has 1 aromatic heterocycles. The zero-order valence-electron chi connectivity index (χ0n) is 10.0. The fourth-order valence-corrected chi connectivity index (χ4v) is 1.99. The Balaban J connectivity index is 1.93. The highest BCUT2D eigenvalue weighted by Crippen LogP contribution is 2.30. The number of rotatable bonds is 2. The Hall–Kier alpha value is -1.84. The van der Waals surface area contributed by atoms with Gasteiger partial charge in [-0.25, -0.2) is 4.98 Å². The van der Waals surface area contributed by atoms with Gasteiger partial charge in [0.15, 0.2) is 0 Å². The van der Waals surface area contributed by atoms with Crippen molar-refractivity contribution in [2.24, 2.45) is 13.0 Å². The minimum Gasteiger partial charge on any atom is -0.331 e. The third kappa shape index (κ3) is 1.79. The molecule has 88 valence electrons. The van der Waals surface area contributed by atoms with E-state index in [1.54, 1.807) is 0 Å². The van der Waals surface area contributed by atoms with Crippen molar-refractivity contribution in [3.8, 4) is 0 Å². The van der Waals surface area contributed by atoms with E-state index in [0.717, 1.165) is 35.4 Å². The fraction of sp³-hybridized carbons (Fsp3) is 0.385. The highest BCUT2D eigenvalue weighted by molar-refractivity contribution is 5.95. The van der Waals surface area contributed by atoms with Gasteiger partial charge in [0.1, 0.15) is 5.82 Å². The molecule has 1 aliphatic rings. The second kappa shape index (κ2) is 3.58. The standard InChI is InChI=1S/C13H15N3O/c1-8-14-11-7-10(5-6-12(11)16(8)2)15-13(17)9-3-4-9/h5-7,9H,3-4H2,1-2H3,(H,15,17). The molecule has 1 aromatic carbocycles. The lowest BCUT2D eigenvalue weighted by molar-refractivity contribution is -0.117. The average Bonchev–Trinajstić information content (AvgIpc) is 3.08. The third-order valence-electron chi connectivity index (χ3n) is 3.32. The highest BCUT2D eigenvalue weighted by Gasteiger charge is 2.29. The first-order valence-electron chi connectivity index (χ1n) is 5.89. The average molecular weight is 229 g/mol. The van der Waals surface area contributed by atoms with Gasteiger partial charge in [-0.3, -0.25) is 4.79 Å². The van der Waals surface area contributed by atoms with Gasteiger partial charge >= 0.3 is 0 Å². The van der Waals surface area contributed by atoms with E-state index in [1.807, 2.05) is 36.7 Å². The van der Waals surface area contributed by atoms with Crippen LogP contribution in [0.5, 0.6) is 0 Å². The molecule has 17 heavy (non-hydrogen) atoms. The molecule has 4 nitrogen and oxygen atoms in total. The molecule has 1 amide bonds. The van der Waals surface area contributed by atoms with Crippen LogP contribution >= 0.6 is 0 Å². The number of imidazole rings is 1. The van der Waals surface area contributed by atoms with Crippen molar-refractivity contribution in [3.05, 3.63) is 24.0 Å². The maximum Gasteiger partial charge on any atom is 0.227 e. The second-order valence-electron chi connectivity index (χ2n) is 4.69. The highest BCUT2D eigenvalue weighted by atomic mass is 16.2. The van der Waals surface area contributed by atoms with E-state index in [2.05, 4.69) is 10.3 Å². The third-order valence-corrected chi connectivity index (χ3v) is 3.32. The monoisotopic (exact) mass is 229 g/mol. The second-order valence-corrected chi connectivity index (χ2v) is 4.69. The van der Waals surface area contributed by atoms with Crippen molar-refractivity contribution in [1.82, 2.24) is 9.55 Å². The summed E-state index contributed by atoms with van der Waals surface area (Å²) >= 11 is 0. The van der Waals surface area contributed by atoms with Gasteiger partial charge in [-0.15, -0.1) is 0 Å². The number of fused-ring (bicyclic) bond motifs is 1. The van der Waals surface area contributed by atoms with Crippen LogP contribution in [0, 0.1) is 12.8 Å². The largest absolute Gasteiger partial charge is 0.331 e. The molecule has 0 spiro atoms. The van der Waals surface area contributed by atoms with Crippen LogP contribution in [-0.4, -0.2) is 15.5 Å². The van der Waals surface area contributed by atoms with Gasteiger partial charge in [-0.2, -0.15) is 0 Å². The Bertz CT molecular complexity index is 596. The minimum atomic E-state index is 0.136. The molecule has 0 bridgehead atoms. The van der Waals surface area contributed by atoms with E-state index >= 15 is 0 Å². The molecule has 2 aromatic rings. The summed E-state index contributed by atoms with van der Waals surface area (Å²) in [6.07, 6.45) is 2.05. The van der Waals surface area contributed by atoms with Gasteiger partial charge in [0.2, 0.25) is 5.91 Å². The van der Waals surface area contributed by atoms with Gasteiger partial charge in [0, 0.05) is 18.7 Å². The van der Waals surface area contributed by atoms with Crippen molar-refractivity contribution in [2.75, 3.05) is 5.32 Å². The molecule has 0 unspecified atom stereocenters. The Labute approximate surface area is 99.6 Å². The zero-order chi connectivity index (χ0) is 12.0. The van der Waals surface area contributed by atoms with Crippen molar-refractivity contribution in [1.29, 1.82) is 0 Å². The Morgan fingerprint density at radius 3 is 2.94 bits per heavy atom. The SMILES string of the molecule is Cc1nc2cc(NC(=O)C3CC3)ccc2n1C. The molecule has 0 radical (unpaired) electrons. The van der Waals surface area contributed by atoms with Crippen LogP contribution in [0.1, 0.15) is 18.7 Å². The molecule has 1 fully saturated rings. The van der Waals surface area contributed by atoms with Gasteiger partial charge in [-0.05, 0) is 38.0 Å². The smallest absolute Gasteiger partial charge is 0.227 e. The van der Waals surface area contributed by atoms with Crippen LogP contribution in [0.15, 0.2) is 18.2 Å². The summed E-state index contributed by atoms with van der Waals surface area (Å²) in [7, 11) is 1.99. The molecule has 0 aliphatic heterocycles. The van der Waals surface area contributed by atoms with E-state index in [9.17, 15) is 4.79 Å². The number of amides is 1. The number of aryl methyl sites for hydroxylation is 2. The molecule has 4 heteroatoms. The lowest BCUT2D eigenvalue weighted by atomic mass is 10.2. The number of carbonyl (C=O) groups excluding carboxylic acids is 1. The van der Waals surface area contributed by atoms with Crippen LogP contribution in [0.2, 0.25) is 0 Å². The molecule has 1 heterocycles. The first-order chi connectivity index (χ1) is 8.15. The Morgan fingerprint density at radius 2 is 2.24 bits per heavy atom. The van der Waals surface area contributed by atoms with Crippen molar-refractivity contribution in [2.45, 2.75) is 19.8 Å². The van der Waals surface area contributed by atoms with Crippen molar-refractivity contribution < 1.29 is 4.79 Å². The van der Waals surface area contributed by atoms with Gasteiger partial charge in [0.25, 0.3) is 0 Å². The first-order valence-corrected chi connectivity index (χ1v) is 5.89. The summed E-state index contributed by atoms with van der Waals surface area (Å²) in [5.74, 6) is 1.35. The van der Waals surface area contributed by atoms with E-state index in [0.29, 0.717) is 0 Å². The number of benzene rings is 1. The van der Waals surface area contributed by atoms with E-state index in [4.69, 9.17) is 0 Å². The first kappa shape index (κ1) is 10.3. The lowest BCUT2D eigenvalue weighted by Gasteiger charge is -2.04. The van der Waals surface area contributed by atoms with Gasteiger partial charge < -0.3 is 9.88 Å². The van der Waals surface area contributed by atoms with Crippen LogP contribution < -0.4 is 5.32 Å². The van der Waals surface area contributed by atoms with Crippen LogP contribution in [0.3, 0.4) is 0 Å². The number of nitrogens with zero attached hydrogens (tertiary/aromatic N) is 2. The molecule has 1 N–H and O–H groups in total. The molecule has 3 rings (SSSR count). The maximum absolute atomic E-state index is 11.6. The number of hydrogen-bond donors (Lipinski definition) is 1. The molecule has 0 atom stereocenters. The molecule has 0 saturated heterocycles. The van der Waals surface area contributed by atoms with Gasteiger partial charge in [0.05, 0.1) is 11.0 Å². The summed E-state index contributed by atoms with van der Waals surface area (Å²) in [4.78, 5) is 16.1. The number of aromatic nitrogens is 2. The predicted molar refractivity (Wildman–Crippen MR) is 66.8 cm³/mol. The van der Waals surface area contributed by atoms with Crippen LogP contribution in [-0.2, 0) is 11.8 Å². The van der Waals surface area contributed by atoms with Crippen molar-refractivity contribution >= 4 is 22.6 Å². The minimum absolute atomic E-state index is 0.136. The summed E-state index contributed by atoms with van der Waals surface area (Å²) in [6.45, 7) is 1.97. The Morgan fingerprint density at radius 1 is 1.47 bits per heavy atom. The summed E-state index contributed by atoms with van der Waals surface area (Å²) in [5, 5.41) is 2.94. The fourth-order valence-electron chi connectivity index (χ4n) is 1.99. The van der Waals surface area contributed by atoms with Crippen molar-refractivity contribution in [3.63, 3.8) is 0 Å². The number of carbonyl (C=O) groups is 1. The normalized spacial score (nSPS) is 15.2. The topological polar surface area (TPSA) is 46.9 Å². The molecule has 1 aliphatic carbocycles. The molecule has 1 saturated carbocycles. The van der Waals surface area contributed by atoms with Gasteiger partial charge in [-0.1, -0.05) is 0 Å². The molecular weight excluding hydrogens is 214 g/mol. The summed E-state index contributed by atoms with van der Waals surface area (Å²) < 4.78 is 2.04. The molecular formula is C13H15N3O. The van der Waals surface area contributed by atoms with E-state index < -0.39 is 0 Å². The van der Waals surface area contributed by atoms with Crippen LogP contribution in [0.4, 0.5) is 5.69 Å². The quantitative estimate of drug-likeness (QED) is 0.858. The van der Waals surface area contributed by atoms with E-state index in [-0.39, 0.29) is 11.8 Å². The lowest BCUT2D eigenvalue weighted by Crippen LogP contribution is -2.13.